The maximum absolute atomic E-state index is 10.6. The van der Waals surface area contributed by atoms with Crippen molar-refractivity contribution in [1.29, 1.82) is 0 Å². The third kappa shape index (κ3) is 5.29. The van der Waals surface area contributed by atoms with Crippen LogP contribution >= 0.6 is 0 Å². The fourth-order valence-corrected chi connectivity index (χ4v) is 3.39. The average molecular weight is 345 g/mol. The Balaban J connectivity index is 1.85. The number of aliphatic hydroxyl groups is 1. The topological polar surface area (TPSA) is 23.5 Å². The highest BCUT2D eigenvalue weighted by Crippen LogP contribution is 2.19. The lowest BCUT2D eigenvalue weighted by Gasteiger charge is -2.34. The van der Waals surface area contributed by atoms with Gasteiger partial charge in [0.25, 0.3) is 0 Å². The van der Waals surface area contributed by atoms with Crippen molar-refractivity contribution in [3.8, 4) is 0 Å². The van der Waals surface area contributed by atoms with Crippen LogP contribution in [0.1, 0.15) is 23.6 Å². The van der Waals surface area contributed by atoms with Crippen LogP contribution in [0.25, 0.3) is 0 Å². The molecule has 3 aromatic rings. The molecule has 0 spiro atoms. The lowest BCUT2D eigenvalue weighted by Crippen LogP contribution is -2.43. The standard InChI is InChI=1S/C24H27NO/c1-20(26)24(17-21-11-5-2-6-12-21)25(18-22-13-7-3-8-14-22)19-23-15-9-4-10-16-23/h2-16,20,24,26H,17-19H2,1H3/t20-,24+/m1/s1. The van der Waals surface area contributed by atoms with E-state index in [-0.39, 0.29) is 6.04 Å². The number of nitrogens with zero attached hydrogens (tertiary/aromatic N) is 1. The first-order valence-electron chi connectivity index (χ1n) is 9.26. The predicted octanol–water partition coefficient (Wildman–Crippen LogP) is 4.68. The van der Waals surface area contributed by atoms with E-state index in [1.54, 1.807) is 0 Å². The lowest BCUT2D eigenvalue weighted by molar-refractivity contribution is 0.0506. The van der Waals surface area contributed by atoms with E-state index in [1.807, 2.05) is 25.1 Å². The van der Waals surface area contributed by atoms with Gasteiger partial charge in [0.05, 0.1) is 6.10 Å². The van der Waals surface area contributed by atoms with Gasteiger partial charge < -0.3 is 5.11 Å². The predicted molar refractivity (Wildman–Crippen MR) is 108 cm³/mol. The smallest absolute Gasteiger partial charge is 0.0670 e. The number of hydrogen-bond donors (Lipinski definition) is 1. The molecule has 2 heteroatoms. The molecule has 0 aromatic heterocycles. The summed E-state index contributed by atoms with van der Waals surface area (Å²) in [6, 6.07) is 31.5. The molecule has 134 valence electrons. The molecule has 3 aromatic carbocycles. The molecule has 0 aliphatic rings. The van der Waals surface area contributed by atoms with E-state index < -0.39 is 6.10 Å². The Morgan fingerprint density at radius 2 is 1.04 bits per heavy atom. The Morgan fingerprint density at radius 3 is 1.42 bits per heavy atom. The van der Waals surface area contributed by atoms with Gasteiger partial charge >= 0.3 is 0 Å². The molecular weight excluding hydrogens is 318 g/mol. The van der Waals surface area contributed by atoms with Crippen molar-refractivity contribution in [2.24, 2.45) is 0 Å². The van der Waals surface area contributed by atoms with Gasteiger partial charge in [-0.25, -0.2) is 0 Å². The maximum atomic E-state index is 10.6. The van der Waals surface area contributed by atoms with E-state index in [1.165, 1.54) is 16.7 Å². The molecule has 0 aliphatic carbocycles. The second-order valence-corrected chi connectivity index (χ2v) is 6.87. The molecule has 0 saturated carbocycles. The van der Waals surface area contributed by atoms with Gasteiger partial charge in [-0.1, -0.05) is 91.0 Å². The quantitative estimate of drug-likeness (QED) is 0.641. The zero-order valence-electron chi connectivity index (χ0n) is 15.3. The first-order valence-corrected chi connectivity index (χ1v) is 9.26. The van der Waals surface area contributed by atoms with E-state index in [0.717, 1.165) is 19.5 Å². The summed E-state index contributed by atoms with van der Waals surface area (Å²) in [6.45, 7) is 3.53. The van der Waals surface area contributed by atoms with Crippen LogP contribution in [0.2, 0.25) is 0 Å². The van der Waals surface area contributed by atoms with Crippen LogP contribution in [-0.2, 0) is 19.5 Å². The first-order chi connectivity index (χ1) is 12.7. The summed E-state index contributed by atoms with van der Waals surface area (Å²) in [4.78, 5) is 2.39. The molecular formula is C24H27NO. The molecule has 26 heavy (non-hydrogen) atoms. The van der Waals surface area contributed by atoms with Crippen molar-refractivity contribution in [2.75, 3.05) is 0 Å². The van der Waals surface area contributed by atoms with Crippen molar-refractivity contribution in [3.63, 3.8) is 0 Å². The second-order valence-electron chi connectivity index (χ2n) is 6.87. The van der Waals surface area contributed by atoms with Crippen molar-refractivity contribution in [1.82, 2.24) is 4.90 Å². The normalized spacial score (nSPS) is 13.5. The molecule has 3 rings (SSSR count). The van der Waals surface area contributed by atoms with Gasteiger partial charge in [0.1, 0.15) is 0 Å². The summed E-state index contributed by atoms with van der Waals surface area (Å²) in [5, 5.41) is 10.6. The maximum Gasteiger partial charge on any atom is 0.0670 e. The number of rotatable bonds is 8. The van der Waals surface area contributed by atoms with Crippen molar-refractivity contribution >= 4 is 0 Å². The molecule has 0 fully saturated rings. The highest BCUT2D eigenvalue weighted by atomic mass is 16.3. The zero-order valence-corrected chi connectivity index (χ0v) is 15.3. The Hall–Kier alpha value is -2.42. The number of aliphatic hydroxyl groups excluding tert-OH is 1. The summed E-state index contributed by atoms with van der Waals surface area (Å²) >= 11 is 0. The van der Waals surface area contributed by atoms with Crippen LogP contribution in [0.4, 0.5) is 0 Å². The summed E-state index contributed by atoms with van der Waals surface area (Å²) in [7, 11) is 0. The molecule has 0 bridgehead atoms. The van der Waals surface area contributed by atoms with Crippen molar-refractivity contribution in [3.05, 3.63) is 108 Å². The van der Waals surface area contributed by atoms with E-state index in [0.29, 0.717) is 0 Å². The molecule has 0 aliphatic heterocycles. The Kier molecular flexibility index (Phi) is 6.59. The van der Waals surface area contributed by atoms with Crippen LogP contribution < -0.4 is 0 Å². The SMILES string of the molecule is C[C@@H](O)[C@H](Cc1ccccc1)N(Cc1ccccc1)Cc1ccccc1. The Labute approximate surface area is 156 Å². The molecule has 0 unspecified atom stereocenters. The van der Waals surface area contributed by atoms with Crippen molar-refractivity contribution < 1.29 is 5.11 Å². The first kappa shape index (κ1) is 18.4. The van der Waals surface area contributed by atoms with Crippen molar-refractivity contribution in [2.45, 2.75) is 38.6 Å². The Bertz CT molecular complexity index is 714. The van der Waals surface area contributed by atoms with Crippen LogP contribution in [0.15, 0.2) is 91.0 Å². The molecule has 0 radical (unpaired) electrons. The van der Waals surface area contributed by atoms with Crippen LogP contribution in [0.3, 0.4) is 0 Å². The minimum atomic E-state index is -0.414. The number of hydrogen-bond acceptors (Lipinski definition) is 2. The van der Waals surface area contributed by atoms with E-state index in [4.69, 9.17) is 0 Å². The van der Waals surface area contributed by atoms with E-state index >= 15 is 0 Å². The third-order valence-electron chi connectivity index (χ3n) is 4.77. The molecule has 0 saturated heterocycles. The molecule has 1 N–H and O–H groups in total. The van der Waals surface area contributed by atoms with Gasteiger partial charge in [-0.2, -0.15) is 0 Å². The van der Waals surface area contributed by atoms with Crippen LogP contribution in [0, 0.1) is 0 Å². The summed E-state index contributed by atoms with van der Waals surface area (Å²) < 4.78 is 0. The largest absolute Gasteiger partial charge is 0.392 e. The van der Waals surface area contributed by atoms with Gasteiger partial charge in [-0.15, -0.1) is 0 Å². The number of benzene rings is 3. The lowest BCUT2D eigenvalue weighted by atomic mass is 9.99. The zero-order chi connectivity index (χ0) is 18.2. The van der Waals surface area contributed by atoms with Crippen LogP contribution in [-0.4, -0.2) is 22.2 Å². The molecule has 0 heterocycles. The minimum absolute atomic E-state index is 0.0535. The fourth-order valence-electron chi connectivity index (χ4n) is 3.39. The molecule has 0 amide bonds. The minimum Gasteiger partial charge on any atom is -0.392 e. The average Bonchev–Trinajstić information content (AvgIpc) is 2.68. The summed E-state index contributed by atoms with van der Waals surface area (Å²) in [6.07, 6.45) is 0.417. The van der Waals surface area contributed by atoms with Gasteiger partial charge in [-0.3, -0.25) is 4.90 Å². The highest BCUT2D eigenvalue weighted by Gasteiger charge is 2.24. The van der Waals surface area contributed by atoms with Gasteiger partial charge in [0, 0.05) is 19.1 Å². The fraction of sp³-hybridized carbons (Fsp3) is 0.250. The van der Waals surface area contributed by atoms with Gasteiger partial charge in [-0.05, 0) is 30.0 Å². The Morgan fingerprint density at radius 1 is 0.654 bits per heavy atom. The highest BCUT2D eigenvalue weighted by molar-refractivity contribution is 5.20. The molecule has 2 nitrogen and oxygen atoms in total. The monoisotopic (exact) mass is 345 g/mol. The van der Waals surface area contributed by atoms with E-state index in [2.05, 4.69) is 77.7 Å². The third-order valence-corrected chi connectivity index (χ3v) is 4.77. The summed E-state index contributed by atoms with van der Waals surface area (Å²) in [5.41, 5.74) is 3.79. The van der Waals surface area contributed by atoms with Crippen LogP contribution in [0.5, 0.6) is 0 Å². The second kappa shape index (κ2) is 9.33. The van der Waals surface area contributed by atoms with Gasteiger partial charge in [0.15, 0.2) is 0 Å². The van der Waals surface area contributed by atoms with Gasteiger partial charge in [0.2, 0.25) is 0 Å². The summed E-state index contributed by atoms with van der Waals surface area (Å²) in [5.74, 6) is 0. The molecule has 2 atom stereocenters. The van der Waals surface area contributed by atoms with E-state index in [9.17, 15) is 5.11 Å².